The van der Waals surface area contributed by atoms with Gasteiger partial charge in [-0.05, 0) is 9.03 Å². The first-order chi connectivity index (χ1) is 4.76. The maximum Gasteiger partial charge on any atom is 0.336 e. The smallest absolute Gasteiger partial charge is 0.336 e. The van der Waals surface area contributed by atoms with Crippen LogP contribution in [0.5, 0.6) is 0 Å². The van der Waals surface area contributed by atoms with Crippen LogP contribution in [0.15, 0.2) is 4.74 Å². The highest BCUT2D eigenvalue weighted by Crippen LogP contribution is 2.22. The van der Waals surface area contributed by atoms with E-state index in [1.807, 2.05) is 0 Å². The predicted molar refractivity (Wildman–Crippen MR) is 45.7 cm³/mol. The molecule has 0 saturated heterocycles. The van der Waals surface area contributed by atoms with E-state index in [2.05, 4.69) is 27.2 Å². The largest absolute Gasteiger partial charge is 0.443 e. The van der Waals surface area contributed by atoms with Crippen LogP contribution in [0.1, 0.15) is 0 Å². The van der Waals surface area contributed by atoms with Gasteiger partial charge in [0.15, 0.2) is 6.04 Å². The zero-order valence-electron chi connectivity index (χ0n) is 5.07. The molecule has 0 aliphatic rings. The molecule has 0 heterocycles. The Balaban J connectivity index is 3.76. The van der Waals surface area contributed by atoms with Gasteiger partial charge in [0.1, 0.15) is 0 Å². The van der Waals surface area contributed by atoms with Crippen molar-refractivity contribution in [3.8, 4) is 0 Å². The Bertz CT molecular complexity index is 130. The Hall–Kier alpha value is 0.390. The SMILES string of the molecule is O=C(OPP)C(CO)N=P. The molecule has 0 bridgehead atoms. The summed E-state index contributed by atoms with van der Waals surface area (Å²) >= 11 is 0. The van der Waals surface area contributed by atoms with E-state index < -0.39 is 12.0 Å². The Labute approximate surface area is 65.0 Å². The molecule has 3 unspecified atom stereocenters. The van der Waals surface area contributed by atoms with Crippen molar-refractivity contribution in [2.45, 2.75) is 6.04 Å². The molecule has 0 aromatic rings. The monoisotopic (exact) mass is 199 g/mol. The van der Waals surface area contributed by atoms with E-state index >= 15 is 0 Å². The third kappa shape index (κ3) is 3.53. The summed E-state index contributed by atoms with van der Waals surface area (Å²) in [7, 11) is 5.02. The molecular weight excluding hydrogens is 191 g/mol. The van der Waals surface area contributed by atoms with E-state index in [0.717, 1.165) is 0 Å². The first-order valence-corrected chi connectivity index (χ1v) is 5.56. The molecule has 0 aliphatic carbocycles. The summed E-state index contributed by atoms with van der Waals surface area (Å²) in [6.45, 7) is -0.336. The molecule has 7 heteroatoms. The summed E-state index contributed by atoms with van der Waals surface area (Å²) in [5.41, 5.74) is 0. The molecule has 0 saturated carbocycles. The second kappa shape index (κ2) is 6.12. The molecule has 4 nitrogen and oxygen atoms in total. The van der Waals surface area contributed by atoms with Gasteiger partial charge in [-0.25, -0.2) is 4.79 Å². The first kappa shape index (κ1) is 10.4. The number of hydrogen-bond acceptors (Lipinski definition) is 4. The van der Waals surface area contributed by atoms with Crippen molar-refractivity contribution in [3.05, 3.63) is 0 Å². The third-order valence-electron chi connectivity index (χ3n) is 0.760. The van der Waals surface area contributed by atoms with Crippen LogP contribution >= 0.6 is 26.5 Å². The van der Waals surface area contributed by atoms with E-state index in [1.165, 1.54) is 0 Å². The molecule has 3 atom stereocenters. The quantitative estimate of drug-likeness (QED) is 0.674. The molecule has 0 amide bonds. The second-order valence-electron chi connectivity index (χ2n) is 1.37. The summed E-state index contributed by atoms with van der Waals surface area (Å²) in [5.74, 6) is -0.522. The van der Waals surface area contributed by atoms with E-state index in [1.54, 1.807) is 0 Å². The number of carbonyl (C=O) groups is 1. The van der Waals surface area contributed by atoms with Crippen molar-refractivity contribution in [2.24, 2.45) is 4.74 Å². The van der Waals surface area contributed by atoms with Crippen LogP contribution < -0.4 is 0 Å². The molecule has 58 valence electrons. The minimum Gasteiger partial charge on any atom is -0.443 e. The highest BCUT2D eigenvalue weighted by molar-refractivity contribution is 8.00. The third-order valence-corrected chi connectivity index (χ3v) is 1.74. The summed E-state index contributed by atoms with van der Waals surface area (Å²) < 4.78 is 7.95. The normalized spacial score (nSPS) is 13.4. The summed E-state index contributed by atoms with van der Waals surface area (Å²) in [6.07, 6.45) is 0. The molecule has 1 N–H and O–H groups in total. The molecule has 0 radical (unpaired) electrons. The van der Waals surface area contributed by atoms with Gasteiger partial charge in [-0.1, -0.05) is 8.93 Å². The van der Waals surface area contributed by atoms with Gasteiger partial charge in [0, 0.05) is 0 Å². The maximum atomic E-state index is 10.7. The van der Waals surface area contributed by atoms with Gasteiger partial charge in [-0.15, -0.1) is 0 Å². The first-order valence-electron chi connectivity index (χ1n) is 2.40. The minimum atomic E-state index is -0.801. The van der Waals surface area contributed by atoms with Crippen LogP contribution in [0.25, 0.3) is 0 Å². The zero-order valence-corrected chi connectivity index (χ0v) is 8.23. The molecule has 0 aliphatic heterocycles. The number of aliphatic hydroxyl groups is 1. The molecular formula is C3H8NO3P3. The number of carbonyl (C=O) groups excluding carboxylic acids is 1. The van der Waals surface area contributed by atoms with E-state index in [4.69, 9.17) is 5.11 Å². The van der Waals surface area contributed by atoms with Crippen molar-refractivity contribution in [1.29, 1.82) is 0 Å². The number of hydrogen-bond donors (Lipinski definition) is 1. The lowest BCUT2D eigenvalue weighted by atomic mass is 10.3. The van der Waals surface area contributed by atoms with Crippen molar-refractivity contribution in [3.63, 3.8) is 0 Å². The fourth-order valence-corrected chi connectivity index (χ4v) is 1.08. The van der Waals surface area contributed by atoms with Crippen LogP contribution in [0.4, 0.5) is 0 Å². The van der Waals surface area contributed by atoms with Gasteiger partial charge < -0.3 is 9.63 Å². The van der Waals surface area contributed by atoms with Crippen LogP contribution in [-0.4, -0.2) is 23.7 Å². The lowest BCUT2D eigenvalue weighted by Crippen LogP contribution is -2.21. The predicted octanol–water partition coefficient (Wildman–Crippen LogP) is 0.600. The Morgan fingerprint density at radius 3 is 2.90 bits per heavy atom. The standard InChI is InChI=1S/C3H8NO3P3/c5-1-2(4-8)3(6)7-10-9/h2,5,8,10H,1,9H2. The molecule has 10 heavy (non-hydrogen) atoms. The number of nitrogens with zero attached hydrogens (tertiary/aromatic N) is 1. The van der Waals surface area contributed by atoms with Crippen molar-refractivity contribution in [1.82, 2.24) is 0 Å². The van der Waals surface area contributed by atoms with Gasteiger partial charge >= 0.3 is 5.97 Å². The van der Waals surface area contributed by atoms with E-state index in [-0.39, 0.29) is 15.1 Å². The van der Waals surface area contributed by atoms with Gasteiger partial charge in [0.2, 0.25) is 0 Å². The minimum absolute atomic E-state index is 0.0114. The van der Waals surface area contributed by atoms with Gasteiger partial charge in [-0.3, -0.25) is 4.74 Å². The van der Waals surface area contributed by atoms with Gasteiger partial charge in [0.05, 0.1) is 15.1 Å². The molecule has 0 aromatic carbocycles. The highest BCUT2D eigenvalue weighted by atomic mass is 32.0. The molecule has 0 spiro atoms. The van der Waals surface area contributed by atoms with Crippen LogP contribution in [0.3, 0.4) is 0 Å². The Kier molecular flexibility index (Phi) is 6.36. The van der Waals surface area contributed by atoms with Crippen LogP contribution in [0.2, 0.25) is 0 Å². The van der Waals surface area contributed by atoms with Crippen molar-refractivity contribution in [2.75, 3.05) is 6.61 Å². The fourth-order valence-electron chi connectivity index (χ4n) is 0.294. The fraction of sp³-hybridized carbons (Fsp3) is 0.667. The highest BCUT2D eigenvalue weighted by Gasteiger charge is 2.15. The zero-order chi connectivity index (χ0) is 7.98. The summed E-state index contributed by atoms with van der Waals surface area (Å²) in [4.78, 5) is 10.7. The lowest BCUT2D eigenvalue weighted by molar-refractivity contribution is -0.135. The summed E-state index contributed by atoms with van der Waals surface area (Å²) in [5, 5.41) is 8.49. The Morgan fingerprint density at radius 1 is 2.00 bits per heavy atom. The van der Waals surface area contributed by atoms with Crippen molar-refractivity contribution >= 4 is 32.4 Å². The second-order valence-corrected chi connectivity index (χ2v) is 2.77. The van der Waals surface area contributed by atoms with Crippen LogP contribution in [-0.2, 0) is 9.32 Å². The maximum absolute atomic E-state index is 10.7. The summed E-state index contributed by atoms with van der Waals surface area (Å²) in [6, 6.07) is -0.801. The average molecular weight is 199 g/mol. The average Bonchev–Trinajstić information content (AvgIpc) is 1.91. The molecule has 0 fully saturated rings. The van der Waals surface area contributed by atoms with Crippen LogP contribution in [0, 0.1) is 0 Å². The molecule has 0 aromatic heterocycles. The lowest BCUT2D eigenvalue weighted by Gasteiger charge is -2.04. The van der Waals surface area contributed by atoms with Gasteiger partial charge in [-0.2, -0.15) is 0 Å². The Morgan fingerprint density at radius 2 is 2.60 bits per heavy atom. The number of aliphatic hydroxyl groups excluding tert-OH is 1. The van der Waals surface area contributed by atoms with Crippen molar-refractivity contribution < 1.29 is 14.4 Å². The topological polar surface area (TPSA) is 58.9 Å². The van der Waals surface area contributed by atoms with Gasteiger partial charge in [0.25, 0.3) is 0 Å². The van der Waals surface area contributed by atoms with E-state index in [9.17, 15) is 4.79 Å². The number of rotatable bonds is 4. The molecule has 0 rings (SSSR count). The van der Waals surface area contributed by atoms with E-state index in [0.29, 0.717) is 0 Å².